The molecule has 0 bridgehead atoms. The highest BCUT2D eigenvalue weighted by molar-refractivity contribution is 5.90. The van der Waals surface area contributed by atoms with Gasteiger partial charge in [-0.2, -0.15) is 26.3 Å². The molecule has 33 heavy (non-hydrogen) atoms. The van der Waals surface area contributed by atoms with E-state index in [-0.39, 0.29) is 34.1 Å². The number of aliphatic hydroxyl groups is 1. The molecule has 0 fully saturated rings. The van der Waals surface area contributed by atoms with Gasteiger partial charge in [0.2, 0.25) is 0 Å². The van der Waals surface area contributed by atoms with Crippen molar-refractivity contribution < 1.29 is 31.4 Å². The van der Waals surface area contributed by atoms with Crippen LogP contribution in [0.2, 0.25) is 0 Å². The molecule has 4 rings (SSSR count). The quantitative estimate of drug-likeness (QED) is 0.395. The molecule has 0 atom stereocenters. The van der Waals surface area contributed by atoms with Gasteiger partial charge in [0.15, 0.2) is 11.5 Å². The van der Waals surface area contributed by atoms with Crippen LogP contribution in [-0.4, -0.2) is 25.0 Å². The second kappa shape index (κ2) is 8.28. The summed E-state index contributed by atoms with van der Waals surface area (Å²) in [5.41, 5.74) is -2.07. The van der Waals surface area contributed by atoms with Crippen molar-refractivity contribution in [2.75, 3.05) is 5.32 Å². The lowest BCUT2D eigenvalue weighted by atomic mass is 10.1. The number of nitrogens with one attached hydrogen (secondary N) is 1. The number of aliphatic hydroxyl groups excluding tert-OH is 1. The molecule has 6 nitrogen and oxygen atoms in total. The number of hydrogen-bond acceptors (Lipinski definition) is 6. The van der Waals surface area contributed by atoms with Gasteiger partial charge in [0.25, 0.3) is 0 Å². The summed E-state index contributed by atoms with van der Waals surface area (Å²) in [4.78, 5) is 16.1. The lowest BCUT2D eigenvalue weighted by Crippen LogP contribution is -2.09. The van der Waals surface area contributed by atoms with E-state index in [0.29, 0.717) is 0 Å². The highest BCUT2D eigenvalue weighted by Gasteiger charge is 2.34. The zero-order chi connectivity index (χ0) is 23.8. The lowest BCUT2D eigenvalue weighted by Gasteiger charge is -2.13. The molecule has 3 aromatic heterocycles. The smallest absolute Gasteiger partial charge is 0.388 e. The highest BCUT2D eigenvalue weighted by Crippen LogP contribution is 2.36. The summed E-state index contributed by atoms with van der Waals surface area (Å²) < 4.78 is 78.4. The number of hydrogen-bond donors (Lipinski definition) is 2. The Hall–Kier alpha value is -3.80. The molecule has 0 radical (unpaired) electrons. The maximum atomic E-state index is 13.4. The molecular formula is C21H13F6N5O. The molecule has 0 amide bonds. The minimum absolute atomic E-state index is 0.0280. The molecule has 0 aliphatic rings. The topological polar surface area (TPSA) is 83.8 Å². The van der Waals surface area contributed by atoms with Gasteiger partial charge in [0.05, 0.1) is 22.2 Å². The number of nitrogens with zero attached hydrogens (tertiary/aromatic N) is 4. The van der Waals surface area contributed by atoms with Crippen molar-refractivity contribution in [3.05, 3.63) is 71.7 Å². The highest BCUT2D eigenvalue weighted by atomic mass is 19.4. The molecule has 0 saturated heterocycles. The average Bonchev–Trinajstić information content (AvgIpc) is 2.77. The van der Waals surface area contributed by atoms with Gasteiger partial charge in [-0.05, 0) is 48.5 Å². The molecule has 0 aliphatic heterocycles. The van der Waals surface area contributed by atoms with Crippen LogP contribution in [-0.2, 0) is 19.0 Å². The van der Waals surface area contributed by atoms with E-state index in [4.69, 9.17) is 0 Å². The fourth-order valence-corrected chi connectivity index (χ4v) is 3.07. The first-order valence-electron chi connectivity index (χ1n) is 9.31. The summed E-state index contributed by atoms with van der Waals surface area (Å²) in [6.45, 7) is -0.596. The lowest BCUT2D eigenvalue weighted by molar-refractivity contribution is -0.138. The first-order valence-corrected chi connectivity index (χ1v) is 9.31. The molecule has 0 aliphatic carbocycles. The zero-order valence-electron chi connectivity index (χ0n) is 16.4. The molecule has 0 saturated carbocycles. The van der Waals surface area contributed by atoms with Crippen molar-refractivity contribution in [1.82, 2.24) is 19.9 Å². The van der Waals surface area contributed by atoms with Gasteiger partial charge in [-0.1, -0.05) is 0 Å². The van der Waals surface area contributed by atoms with Gasteiger partial charge >= 0.3 is 12.4 Å². The molecule has 170 valence electrons. The van der Waals surface area contributed by atoms with Gasteiger partial charge in [-0.3, -0.25) is 4.98 Å². The summed E-state index contributed by atoms with van der Waals surface area (Å²) >= 11 is 0. The van der Waals surface area contributed by atoms with Crippen LogP contribution < -0.4 is 5.32 Å². The summed E-state index contributed by atoms with van der Waals surface area (Å²) in [5.74, 6) is 0.0264. The Bertz CT molecular complexity index is 1310. The first kappa shape index (κ1) is 22.4. The van der Waals surface area contributed by atoms with E-state index in [0.717, 1.165) is 24.3 Å². The first-order chi connectivity index (χ1) is 15.6. The molecular weight excluding hydrogens is 452 g/mol. The van der Waals surface area contributed by atoms with Crippen molar-refractivity contribution in [3.63, 3.8) is 0 Å². The number of rotatable bonds is 4. The summed E-state index contributed by atoms with van der Waals surface area (Å²) in [7, 11) is 0. The van der Waals surface area contributed by atoms with Crippen LogP contribution in [0, 0.1) is 0 Å². The molecule has 12 heteroatoms. The number of alkyl halides is 6. The number of benzene rings is 1. The number of aromatic nitrogens is 4. The fourth-order valence-electron chi connectivity index (χ4n) is 3.07. The van der Waals surface area contributed by atoms with E-state index in [1.54, 1.807) is 0 Å². The number of anilines is 2. The van der Waals surface area contributed by atoms with Crippen molar-refractivity contribution >= 4 is 22.5 Å². The van der Waals surface area contributed by atoms with E-state index in [9.17, 15) is 31.4 Å². The van der Waals surface area contributed by atoms with Crippen molar-refractivity contribution in [2.24, 2.45) is 0 Å². The zero-order valence-corrected chi connectivity index (χ0v) is 16.4. The van der Waals surface area contributed by atoms with Gasteiger partial charge < -0.3 is 10.4 Å². The van der Waals surface area contributed by atoms with E-state index in [1.165, 1.54) is 30.5 Å². The van der Waals surface area contributed by atoms with Crippen LogP contribution in [0.25, 0.3) is 22.4 Å². The van der Waals surface area contributed by atoms with Gasteiger partial charge in [-0.25, -0.2) is 15.0 Å². The van der Waals surface area contributed by atoms with E-state index in [1.807, 2.05) is 0 Å². The largest absolute Gasteiger partial charge is 0.418 e. The fraction of sp³-hybridized carbons (Fsp3) is 0.143. The number of pyridine rings is 2. The summed E-state index contributed by atoms with van der Waals surface area (Å²) in [6.07, 6.45) is -7.95. The Labute approximate surface area is 182 Å². The maximum absolute atomic E-state index is 13.4. The number of fused-ring (bicyclic) bond motifs is 1. The number of halogens is 6. The Morgan fingerprint density at radius 1 is 0.818 bits per heavy atom. The van der Waals surface area contributed by atoms with Crippen LogP contribution in [0.15, 0.2) is 54.7 Å². The molecule has 0 spiro atoms. The standard InChI is InChI=1S/C21H13F6N5O/c22-20(23,24)11-3-5-12(6-4-11)29-18-13-7-8-15(30-19(13)32-16(10-33)31-18)17-14(21(25,26)27)2-1-9-28-17/h1-9,33H,10H2,(H,29,30,31,32). The van der Waals surface area contributed by atoms with Gasteiger partial charge in [0, 0.05) is 11.9 Å². The van der Waals surface area contributed by atoms with Crippen LogP contribution in [0.4, 0.5) is 37.8 Å². The van der Waals surface area contributed by atoms with Crippen LogP contribution in [0.1, 0.15) is 17.0 Å². The van der Waals surface area contributed by atoms with Crippen LogP contribution >= 0.6 is 0 Å². The molecule has 4 aromatic rings. The average molecular weight is 465 g/mol. The SMILES string of the molecule is OCc1nc(Nc2ccc(C(F)(F)F)cc2)c2ccc(-c3ncccc3C(F)(F)F)nc2n1. The van der Waals surface area contributed by atoms with E-state index in [2.05, 4.69) is 25.3 Å². The third kappa shape index (κ3) is 4.70. The molecule has 3 heterocycles. The Kier molecular flexibility index (Phi) is 5.62. The minimum Gasteiger partial charge on any atom is -0.388 e. The van der Waals surface area contributed by atoms with E-state index >= 15 is 0 Å². The summed E-state index contributed by atoms with van der Waals surface area (Å²) in [6, 6.07) is 8.92. The third-order valence-electron chi connectivity index (χ3n) is 4.58. The van der Waals surface area contributed by atoms with Gasteiger partial charge in [-0.15, -0.1) is 0 Å². The molecule has 1 aromatic carbocycles. The van der Waals surface area contributed by atoms with Crippen molar-refractivity contribution in [1.29, 1.82) is 0 Å². The second-order valence-corrected chi connectivity index (χ2v) is 6.81. The summed E-state index contributed by atoms with van der Waals surface area (Å²) in [5, 5.41) is 12.6. The molecule has 2 N–H and O–H groups in total. The van der Waals surface area contributed by atoms with Crippen LogP contribution in [0.3, 0.4) is 0 Å². The Morgan fingerprint density at radius 3 is 2.18 bits per heavy atom. The minimum atomic E-state index is -4.66. The Morgan fingerprint density at radius 2 is 1.55 bits per heavy atom. The Balaban J connectivity index is 1.77. The maximum Gasteiger partial charge on any atom is 0.418 e. The third-order valence-corrected chi connectivity index (χ3v) is 4.58. The van der Waals surface area contributed by atoms with E-state index < -0.39 is 35.8 Å². The predicted molar refractivity (Wildman–Crippen MR) is 106 cm³/mol. The van der Waals surface area contributed by atoms with Gasteiger partial charge in [0.1, 0.15) is 18.1 Å². The molecule has 0 unspecified atom stereocenters. The normalized spacial score (nSPS) is 12.2. The predicted octanol–water partition coefficient (Wildman–Crippen LogP) is 5.36. The van der Waals surface area contributed by atoms with Crippen molar-refractivity contribution in [2.45, 2.75) is 19.0 Å². The van der Waals surface area contributed by atoms with Crippen LogP contribution in [0.5, 0.6) is 0 Å². The van der Waals surface area contributed by atoms with Crippen molar-refractivity contribution in [3.8, 4) is 11.4 Å². The second-order valence-electron chi connectivity index (χ2n) is 6.81. The monoisotopic (exact) mass is 465 g/mol.